The summed E-state index contributed by atoms with van der Waals surface area (Å²) in [6, 6.07) is 16.4. The first-order valence-electron chi connectivity index (χ1n) is 7.44. The first-order chi connectivity index (χ1) is 11.5. The highest BCUT2D eigenvalue weighted by atomic mass is 79.9. The first kappa shape index (κ1) is 17.8. The Labute approximate surface area is 149 Å². The van der Waals surface area contributed by atoms with Gasteiger partial charge in [-0.25, -0.2) is 0 Å². The fraction of sp³-hybridized carbons (Fsp3) is 0.158. The van der Waals surface area contributed by atoms with Crippen molar-refractivity contribution in [2.45, 2.75) is 20.0 Å². The SMILES string of the molecule is CC(C)Oc1ccccc1C=C(C#N)C(=O)Nc1ccc(Br)cc1. The summed E-state index contributed by atoms with van der Waals surface area (Å²) in [4.78, 5) is 12.3. The van der Waals surface area contributed by atoms with Crippen LogP contribution in [0.3, 0.4) is 0 Å². The lowest BCUT2D eigenvalue weighted by atomic mass is 10.1. The summed E-state index contributed by atoms with van der Waals surface area (Å²) in [6.07, 6.45) is 1.54. The van der Waals surface area contributed by atoms with Crippen molar-refractivity contribution in [3.63, 3.8) is 0 Å². The van der Waals surface area contributed by atoms with Gasteiger partial charge in [0.1, 0.15) is 17.4 Å². The lowest BCUT2D eigenvalue weighted by Gasteiger charge is -2.12. The lowest BCUT2D eigenvalue weighted by molar-refractivity contribution is -0.112. The van der Waals surface area contributed by atoms with Crippen LogP contribution in [-0.4, -0.2) is 12.0 Å². The van der Waals surface area contributed by atoms with Crippen LogP contribution in [0.2, 0.25) is 0 Å². The summed E-state index contributed by atoms with van der Waals surface area (Å²) in [5, 5.41) is 12.0. The van der Waals surface area contributed by atoms with Crippen molar-refractivity contribution in [2.24, 2.45) is 0 Å². The van der Waals surface area contributed by atoms with Gasteiger partial charge in [-0.1, -0.05) is 34.1 Å². The number of amides is 1. The van der Waals surface area contributed by atoms with Gasteiger partial charge < -0.3 is 10.1 Å². The number of nitrogens with zero attached hydrogens (tertiary/aromatic N) is 1. The van der Waals surface area contributed by atoms with Gasteiger partial charge in [-0.3, -0.25) is 4.79 Å². The van der Waals surface area contributed by atoms with Crippen molar-refractivity contribution in [2.75, 3.05) is 5.32 Å². The molecule has 0 aliphatic heterocycles. The van der Waals surface area contributed by atoms with Gasteiger partial charge in [-0.05, 0) is 50.3 Å². The smallest absolute Gasteiger partial charge is 0.266 e. The van der Waals surface area contributed by atoms with E-state index in [1.54, 1.807) is 12.1 Å². The Hall–Kier alpha value is -2.58. The van der Waals surface area contributed by atoms with Crippen LogP contribution in [0.4, 0.5) is 5.69 Å². The molecule has 0 atom stereocenters. The fourth-order valence-electron chi connectivity index (χ4n) is 2.00. The van der Waals surface area contributed by atoms with E-state index in [1.165, 1.54) is 6.08 Å². The van der Waals surface area contributed by atoms with Gasteiger partial charge in [-0.2, -0.15) is 5.26 Å². The van der Waals surface area contributed by atoms with Crippen LogP contribution < -0.4 is 10.1 Å². The number of halogens is 1. The average Bonchev–Trinajstić information content (AvgIpc) is 2.55. The Morgan fingerprint density at radius 2 is 1.88 bits per heavy atom. The molecule has 4 nitrogen and oxygen atoms in total. The zero-order valence-corrected chi connectivity index (χ0v) is 15.0. The first-order valence-corrected chi connectivity index (χ1v) is 8.23. The van der Waals surface area contributed by atoms with Crippen LogP contribution in [0.25, 0.3) is 6.08 Å². The Morgan fingerprint density at radius 1 is 1.21 bits per heavy atom. The maximum atomic E-state index is 12.3. The van der Waals surface area contributed by atoms with E-state index in [1.807, 2.05) is 56.3 Å². The Balaban J connectivity index is 2.24. The van der Waals surface area contributed by atoms with E-state index in [0.717, 1.165) is 4.47 Å². The molecule has 0 bridgehead atoms. The topological polar surface area (TPSA) is 62.1 Å². The molecule has 0 saturated carbocycles. The van der Waals surface area contributed by atoms with Crippen LogP contribution >= 0.6 is 15.9 Å². The molecule has 0 fully saturated rings. The number of nitriles is 1. The summed E-state index contributed by atoms with van der Waals surface area (Å²) in [5.74, 6) is 0.177. The number of rotatable bonds is 5. The maximum absolute atomic E-state index is 12.3. The number of ether oxygens (including phenoxy) is 1. The molecule has 122 valence electrons. The van der Waals surface area contributed by atoms with Crippen LogP contribution in [0.5, 0.6) is 5.75 Å². The number of anilines is 1. The number of hydrogen-bond donors (Lipinski definition) is 1. The number of para-hydroxylation sites is 1. The van der Waals surface area contributed by atoms with E-state index < -0.39 is 5.91 Å². The van der Waals surface area contributed by atoms with Crippen LogP contribution in [0, 0.1) is 11.3 Å². The lowest BCUT2D eigenvalue weighted by Crippen LogP contribution is -2.13. The Kier molecular flexibility index (Phi) is 6.16. The molecule has 5 heteroatoms. The molecule has 0 saturated heterocycles. The van der Waals surface area contributed by atoms with Crippen molar-refractivity contribution in [3.05, 3.63) is 64.1 Å². The standard InChI is InChI=1S/C19H17BrN2O2/c1-13(2)24-18-6-4-3-5-14(18)11-15(12-21)19(23)22-17-9-7-16(20)8-10-17/h3-11,13H,1-2H3,(H,22,23). The van der Waals surface area contributed by atoms with Gasteiger partial charge in [0.25, 0.3) is 5.91 Å². The summed E-state index contributed by atoms with van der Waals surface area (Å²) in [6.45, 7) is 3.85. The normalized spacial score (nSPS) is 11.0. The van der Waals surface area contributed by atoms with Gasteiger partial charge in [-0.15, -0.1) is 0 Å². The van der Waals surface area contributed by atoms with E-state index in [2.05, 4.69) is 21.2 Å². The second-order valence-corrected chi connectivity index (χ2v) is 6.25. The molecule has 2 rings (SSSR count). The molecule has 0 heterocycles. The number of nitrogens with one attached hydrogen (secondary N) is 1. The molecule has 0 unspecified atom stereocenters. The van der Waals surface area contributed by atoms with E-state index in [4.69, 9.17) is 4.74 Å². The molecular weight excluding hydrogens is 368 g/mol. The number of carbonyl (C=O) groups excluding carboxylic acids is 1. The minimum Gasteiger partial charge on any atom is -0.490 e. The zero-order chi connectivity index (χ0) is 17.5. The molecule has 24 heavy (non-hydrogen) atoms. The predicted octanol–water partition coefficient (Wildman–Crippen LogP) is 4.78. The summed E-state index contributed by atoms with van der Waals surface area (Å²) < 4.78 is 6.62. The third kappa shape index (κ3) is 4.97. The second kappa shape index (κ2) is 8.32. The highest BCUT2D eigenvalue weighted by Gasteiger charge is 2.11. The van der Waals surface area contributed by atoms with Crippen molar-refractivity contribution < 1.29 is 9.53 Å². The zero-order valence-electron chi connectivity index (χ0n) is 13.4. The van der Waals surface area contributed by atoms with Gasteiger partial charge in [0.2, 0.25) is 0 Å². The number of benzene rings is 2. The molecule has 2 aromatic carbocycles. The van der Waals surface area contributed by atoms with E-state index >= 15 is 0 Å². The van der Waals surface area contributed by atoms with Crippen molar-refractivity contribution in [3.8, 4) is 11.8 Å². The van der Waals surface area contributed by atoms with Crippen LogP contribution in [0.15, 0.2) is 58.6 Å². The minimum atomic E-state index is -0.459. The summed E-state index contributed by atoms with van der Waals surface area (Å²) in [7, 11) is 0. The second-order valence-electron chi connectivity index (χ2n) is 5.34. The Bertz CT molecular complexity index is 790. The predicted molar refractivity (Wildman–Crippen MR) is 98.6 cm³/mol. The van der Waals surface area contributed by atoms with Crippen LogP contribution in [0.1, 0.15) is 19.4 Å². The summed E-state index contributed by atoms with van der Waals surface area (Å²) in [5.41, 5.74) is 1.32. The van der Waals surface area contributed by atoms with E-state index in [0.29, 0.717) is 17.0 Å². The highest BCUT2D eigenvalue weighted by molar-refractivity contribution is 9.10. The molecular formula is C19H17BrN2O2. The average molecular weight is 385 g/mol. The molecule has 1 N–H and O–H groups in total. The highest BCUT2D eigenvalue weighted by Crippen LogP contribution is 2.23. The number of hydrogen-bond acceptors (Lipinski definition) is 3. The largest absolute Gasteiger partial charge is 0.490 e. The molecule has 0 aliphatic carbocycles. The van der Waals surface area contributed by atoms with Gasteiger partial charge >= 0.3 is 0 Å². The molecule has 1 amide bonds. The third-order valence-electron chi connectivity index (χ3n) is 3.05. The fourth-order valence-corrected chi connectivity index (χ4v) is 2.26. The molecule has 0 spiro atoms. The van der Waals surface area contributed by atoms with Crippen molar-refractivity contribution in [1.82, 2.24) is 0 Å². The number of carbonyl (C=O) groups is 1. The van der Waals surface area contributed by atoms with Crippen molar-refractivity contribution >= 4 is 33.6 Å². The Morgan fingerprint density at radius 3 is 2.50 bits per heavy atom. The summed E-state index contributed by atoms with van der Waals surface area (Å²) >= 11 is 3.34. The minimum absolute atomic E-state index is 0.00155. The van der Waals surface area contributed by atoms with Gasteiger partial charge in [0.05, 0.1) is 6.10 Å². The quantitative estimate of drug-likeness (QED) is 0.595. The van der Waals surface area contributed by atoms with E-state index in [-0.39, 0.29) is 11.7 Å². The molecule has 2 aromatic rings. The van der Waals surface area contributed by atoms with Gasteiger partial charge in [0.15, 0.2) is 0 Å². The van der Waals surface area contributed by atoms with Crippen molar-refractivity contribution in [1.29, 1.82) is 5.26 Å². The monoisotopic (exact) mass is 384 g/mol. The van der Waals surface area contributed by atoms with Gasteiger partial charge in [0, 0.05) is 15.7 Å². The van der Waals surface area contributed by atoms with Crippen LogP contribution in [-0.2, 0) is 4.79 Å². The molecule has 0 aromatic heterocycles. The molecule has 0 radical (unpaired) electrons. The van der Waals surface area contributed by atoms with E-state index in [9.17, 15) is 10.1 Å². The maximum Gasteiger partial charge on any atom is 0.266 e. The third-order valence-corrected chi connectivity index (χ3v) is 3.58. The molecule has 0 aliphatic rings.